The highest BCUT2D eigenvalue weighted by atomic mass is 32.2. The normalized spacial score (nSPS) is 11.2. The Bertz CT molecular complexity index is 590. The number of hydrogen-bond acceptors (Lipinski definition) is 5. The van der Waals surface area contributed by atoms with Crippen LogP contribution in [0, 0.1) is 0 Å². The van der Waals surface area contributed by atoms with Gasteiger partial charge in [-0.25, -0.2) is 4.98 Å². The summed E-state index contributed by atoms with van der Waals surface area (Å²) >= 11 is 2.91. The Labute approximate surface area is 114 Å². The molecule has 1 heterocycles. The monoisotopic (exact) mass is 279 g/mol. The van der Waals surface area contributed by atoms with Gasteiger partial charge in [0.2, 0.25) is 0 Å². The van der Waals surface area contributed by atoms with Gasteiger partial charge >= 0.3 is 0 Å². The van der Waals surface area contributed by atoms with Crippen LogP contribution < -0.4 is 4.74 Å². The molecule has 0 aliphatic rings. The summed E-state index contributed by atoms with van der Waals surface area (Å²) in [6.45, 7) is 1.57. The van der Waals surface area contributed by atoms with Crippen molar-refractivity contribution >= 4 is 44.5 Å². The summed E-state index contributed by atoms with van der Waals surface area (Å²) in [5.74, 6) is 1.53. The van der Waals surface area contributed by atoms with Gasteiger partial charge in [-0.15, -0.1) is 11.3 Å². The molecule has 0 saturated carbocycles. The first-order valence-corrected chi connectivity index (χ1v) is 7.24. The van der Waals surface area contributed by atoms with Crippen LogP contribution in [0.2, 0.25) is 0 Å². The van der Waals surface area contributed by atoms with Crippen molar-refractivity contribution in [3.8, 4) is 5.75 Å². The number of nitrogens with zero attached hydrogens (tertiary/aromatic N) is 1. The molecule has 0 radical (unpaired) electrons. The highest BCUT2D eigenvalue weighted by Gasteiger charge is 2.02. The van der Waals surface area contributed by atoms with E-state index in [2.05, 4.69) is 4.98 Å². The second kappa shape index (κ2) is 6.02. The van der Waals surface area contributed by atoms with Crippen LogP contribution in [-0.2, 0) is 4.79 Å². The van der Waals surface area contributed by atoms with Gasteiger partial charge in [0.1, 0.15) is 10.8 Å². The molecule has 0 aliphatic heterocycles. The number of carbonyl (C=O) groups excluding carboxylic acids is 1. The summed E-state index contributed by atoms with van der Waals surface area (Å²) in [6.07, 6.45) is 3.91. The molecule has 0 atom stereocenters. The maximum atomic E-state index is 10.8. The lowest BCUT2D eigenvalue weighted by molar-refractivity contribution is -0.109. The predicted octanol–water partition coefficient (Wildman–Crippen LogP) is 3.60. The third kappa shape index (κ3) is 3.34. The van der Waals surface area contributed by atoms with E-state index in [1.807, 2.05) is 30.4 Å². The molecule has 0 spiro atoms. The molecule has 94 valence electrons. The van der Waals surface area contributed by atoms with Crippen molar-refractivity contribution in [2.45, 2.75) is 6.92 Å². The van der Waals surface area contributed by atoms with E-state index >= 15 is 0 Å². The van der Waals surface area contributed by atoms with Crippen LogP contribution in [0.25, 0.3) is 16.3 Å². The van der Waals surface area contributed by atoms with Gasteiger partial charge in [0, 0.05) is 12.7 Å². The van der Waals surface area contributed by atoms with Crippen LogP contribution in [0.5, 0.6) is 5.75 Å². The molecule has 0 aliphatic carbocycles. The standard InChI is InChI=1S/C13H13NO2S2/c1-9(15)17-7-3-4-13-14-11-6-5-10(16-2)8-12(11)18-13/h3-6,8H,7H2,1-2H3. The SMILES string of the molecule is COc1ccc2nc(C=CCSC(C)=O)sc2c1. The maximum Gasteiger partial charge on any atom is 0.186 e. The number of aromatic nitrogens is 1. The number of rotatable bonds is 4. The van der Waals surface area contributed by atoms with Gasteiger partial charge in [0.25, 0.3) is 0 Å². The zero-order valence-corrected chi connectivity index (χ0v) is 11.8. The number of thiazole rings is 1. The Balaban J connectivity index is 2.12. The van der Waals surface area contributed by atoms with Gasteiger partial charge in [-0.05, 0) is 24.3 Å². The Hall–Kier alpha value is -1.33. The minimum absolute atomic E-state index is 0.133. The van der Waals surface area contributed by atoms with Crippen LogP contribution in [-0.4, -0.2) is 23.0 Å². The van der Waals surface area contributed by atoms with Crippen LogP contribution in [0.1, 0.15) is 11.9 Å². The summed E-state index contributed by atoms with van der Waals surface area (Å²) in [5.41, 5.74) is 0.972. The maximum absolute atomic E-state index is 10.8. The van der Waals surface area contributed by atoms with Crippen LogP contribution in [0.3, 0.4) is 0 Å². The first kappa shape index (κ1) is 13.1. The number of methoxy groups -OCH3 is 1. The fourth-order valence-corrected chi connectivity index (χ4v) is 2.79. The predicted molar refractivity (Wildman–Crippen MR) is 78.3 cm³/mol. The van der Waals surface area contributed by atoms with E-state index in [1.165, 1.54) is 11.8 Å². The number of carbonyl (C=O) groups is 1. The summed E-state index contributed by atoms with van der Waals surface area (Å²) in [5, 5.41) is 1.08. The van der Waals surface area contributed by atoms with Crippen molar-refractivity contribution in [3.05, 3.63) is 29.3 Å². The largest absolute Gasteiger partial charge is 0.497 e. The van der Waals surface area contributed by atoms with Crippen LogP contribution in [0.15, 0.2) is 24.3 Å². The van der Waals surface area contributed by atoms with E-state index in [0.29, 0.717) is 5.75 Å². The molecule has 0 bridgehead atoms. The number of ether oxygens (including phenoxy) is 1. The molecular formula is C13H13NO2S2. The van der Waals surface area contributed by atoms with Crippen molar-refractivity contribution in [2.24, 2.45) is 0 Å². The molecule has 1 aromatic heterocycles. The molecule has 5 heteroatoms. The zero-order valence-electron chi connectivity index (χ0n) is 10.2. The Kier molecular flexibility index (Phi) is 4.38. The van der Waals surface area contributed by atoms with Gasteiger partial charge in [0.05, 0.1) is 17.3 Å². The molecular weight excluding hydrogens is 266 g/mol. The van der Waals surface area contributed by atoms with Crippen molar-refractivity contribution < 1.29 is 9.53 Å². The first-order valence-electron chi connectivity index (χ1n) is 5.43. The second-order valence-corrected chi connectivity index (χ2v) is 5.85. The van der Waals surface area contributed by atoms with Gasteiger partial charge in [-0.2, -0.15) is 0 Å². The quantitative estimate of drug-likeness (QED) is 0.857. The van der Waals surface area contributed by atoms with E-state index in [0.717, 1.165) is 21.0 Å². The lowest BCUT2D eigenvalue weighted by Gasteiger charge is -1.96. The van der Waals surface area contributed by atoms with Gasteiger partial charge < -0.3 is 4.74 Å². The third-order valence-corrected chi connectivity index (χ3v) is 4.00. The molecule has 0 saturated heterocycles. The summed E-state index contributed by atoms with van der Waals surface area (Å²) in [7, 11) is 1.65. The van der Waals surface area contributed by atoms with E-state index in [4.69, 9.17) is 4.74 Å². The molecule has 3 nitrogen and oxygen atoms in total. The average molecular weight is 279 g/mol. The summed E-state index contributed by atoms with van der Waals surface area (Å²) in [4.78, 5) is 15.3. The van der Waals surface area contributed by atoms with Crippen molar-refractivity contribution in [1.29, 1.82) is 0 Å². The molecule has 0 fully saturated rings. The highest BCUT2D eigenvalue weighted by Crippen LogP contribution is 2.26. The minimum atomic E-state index is 0.133. The first-order chi connectivity index (χ1) is 8.69. The van der Waals surface area contributed by atoms with Crippen molar-refractivity contribution in [1.82, 2.24) is 4.98 Å². The fraction of sp³-hybridized carbons (Fsp3) is 0.231. The van der Waals surface area contributed by atoms with Crippen molar-refractivity contribution in [3.63, 3.8) is 0 Å². The molecule has 2 rings (SSSR count). The number of fused-ring (bicyclic) bond motifs is 1. The smallest absolute Gasteiger partial charge is 0.186 e. The molecule has 2 aromatic rings. The lowest BCUT2D eigenvalue weighted by Crippen LogP contribution is -1.81. The molecule has 0 unspecified atom stereocenters. The lowest BCUT2D eigenvalue weighted by atomic mass is 10.3. The topological polar surface area (TPSA) is 39.2 Å². The van der Waals surface area contributed by atoms with Gasteiger partial charge in [0.15, 0.2) is 5.12 Å². The van der Waals surface area contributed by atoms with Crippen LogP contribution >= 0.6 is 23.1 Å². The number of benzene rings is 1. The molecule has 0 amide bonds. The van der Waals surface area contributed by atoms with Crippen LogP contribution in [0.4, 0.5) is 0 Å². The minimum Gasteiger partial charge on any atom is -0.497 e. The average Bonchev–Trinajstić information content (AvgIpc) is 2.75. The number of thioether (sulfide) groups is 1. The summed E-state index contributed by atoms with van der Waals surface area (Å²) in [6, 6.07) is 5.84. The van der Waals surface area contributed by atoms with E-state index < -0.39 is 0 Å². The van der Waals surface area contributed by atoms with Crippen molar-refractivity contribution in [2.75, 3.05) is 12.9 Å². The summed E-state index contributed by atoms with van der Waals surface area (Å²) < 4.78 is 6.28. The van der Waals surface area contributed by atoms with E-state index in [1.54, 1.807) is 25.4 Å². The Morgan fingerprint density at radius 1 is 1.56 bits per heavy atom. The second-order valence-electron chi connectivity index (χ2n) is 3.59. The Morgan fingerprint density at radius 3 is 3.11 bits per heavy atom. The highest BCUT2D eigenvalue weighted by molar-refractivity contribution is 8.13. The molecule has 1 aromatic carbocycles. The van der Waals surface area contributed by atoms with Gasteiger partial charge in [-0.3, -0.25) is 4.79 Å². The van der Waals surface area contributed by atoms with E-state index in [9.17, 15) is 4.79 Å². The third-order valence-electron chi connectivity index (χ3n) is 2.26. The Morgan fingerprint density at radius 2 is 2.39 bits per heavy atom. The van der Waals surface area contributed by atoms with E-state index in [-0.39, 0.29) is 5.12 Å². The molecule has 0 N–H and O–H groups in total. The fourth-order valence-electron chi connectivity index (χ4n) is 1.44. The zero-order chi connectivity index (χ0) is 13.0. The van der Waals surface area contributed by atoms with Gasteiger partial charge in [-0.1, -0.05) is 17.8 Å². The molecule has 18 heavy (non-hydrogen) atoms. The number of hydrogen-bond donors (Lipinski definition) is 0.